The molecule has 2 N–H and O–H groups in total. The zero-order valence-electron chi connectivity index (χ0n) is 9.94. The first-order valence-corrected chi connectivity index (χ1v) is 6.55. The molecule has 0 aliphatic heterocycles. The highest BCUT2D eigenvalue weighted by atomic mass is 35.5. The van der Waals surface area contributed by atoms with E-state index in [0.29, 0.717) is 23.5 Å². The second-order valence-electron chi connectivity index (χ2n) is 4.67. The van der Waals surface area contributed by atoms with Crippen molar-refractivity contribution in [1.29, 1.82) is 0 Å². The molecule has 0 radical (unpaired) electrons. The minimum atomic E-state index is 0.565. The summed E-state index contributed by atoms with van der Waals surface area (Å²) in [6, 6.07) is 1.90. The Balaban J connectivity index is 1.78. The third kappa shape index (κ3) is 3.41. The minimum Gasteiger partial charge on any atom is -0.376 e. The van der Waals surface area contributed by atoms with Crippen LogP contribution in [0, 0.1) is 11.8 Å². The van der Waals surface area contributed by atoms with E-state index in [2.05, 4.69) is 4.98 Å². The fourth-order valence-electron chi connectivity index (χ4n) is 2.48. The van der Waals surface area contributed by atoms with Gasteiger partial charge in [0.15, 0.2) is 0 Å². The first-order valence-electron chi connectivity index (χ1n) is 6.17. The summed E-state index contributed by atoms with van der Waals surface area (Å²) in [7, 11) is 0. The van der Waals surface area contributed by atoms with Crippen molar-refractivity contribution in [2.24, 2.45) is 17.6 Å². The number of aromatic nitrogens is 1. The molecule has 0 amide bonds. The van der Waals surface area contributed by atoms with Gasteiger partial charge in [-0.05, 0) is 42.9 Å². The molecule has 0 aromatic carbocycles. The number of ether oxygens (including phenoxy) is 1. The molecular formula is C13H19ClN2O. The highest BCUT2D eigenvalue weighted by Crippen LogP contribution is 2.31. The van der Waals surface area contributed by atoms with E-state index in [-0.39, 0.29) is 0 Å². The zero-order chi connectivity index (χ0) is 12.1. The summed E-state index contributed by atoms with van der Waals surface area (Å²) in [6.45, 7) is 2.14. The smallest absolute Gasteiger partial charge is 0.0732 e. The number of nitrogens with zero attached hydrogens (tertiary/aromatic N) is 1. The maximum Gasteiger partial charge on any atom is 0.0732 e. The Morgan fingerprint density at radius 3 is 3.00 bits per heavy atom. The van der Waals surface area contributed by atoms with Crippen molar-refractivity contribution in [2.45, 2.75) is 25.9 Å². The molecule has 1 aliphatic carbocycles. The van der Waals surface area contributed by atoms with Gasteiger partial charge in [0.05, 0.1) is 18.2 Å². The van der Waals surface area contributed by atoms with E-state index in [9.17, 15) is 0 Å². The van der Waals surface area contributed by atoms with Crippen LogP contribution < -0.4 is 5.73 Å². The summed E-state index contributed by atoms with van der Waals surface area (Å²) < 4.78 is 5.75. The predicted molar refractivity (Wildman–Crippen MR) is 68.8 cm³/mol. The first kappa shape index (κ1) is 12.8. The number of nitrogens with two attached hydrogens (primary N) is 1. The Bertz CT molecular complexity index is 359. The molecule has 0 saturated heterocycles. The van der Waals surface area contributed by atoms with Crippen LogP contribution >= 0.6 is 11.6 Å². The van der Waals surface area contributed by atoms with E-state index >= 15 is 0 Å². The zero-order valence-corrected chi connectivity index (χ0v) is 10.7. The van der Waals surface area contributed by atoms with Crippen molar-refractivity contribution in [3.63, 3.8) is 0 Å². The largest absolute Gasteiger partial charge is 0.376 e. The van der Waals surface area contributed by atoms with Crippen molar-refractivity contribution in [3.8, 4) is 0 Å². The fraction of sp³-hybridized carbons (Fsp3) is 0.615. The topological polar surface area (TPSA) is 48.1 Å². The quantitative estimate of drug-likeness (QED) is 0.879. The van der Waals surface area contributed by atoms with E-state index < -0.39 is 0 Å². The lowest BCUT2D eigenvalue weighted by Gasteiger charge is -2.17. The van der Waals surface area contributed by atoms with E-state index in [1.54, 1.807) is 12.4 Å². The van der Waals surface area contributed by atoms with Gasteiger partial charge in [-0.25, -0.2) is 0 Å². The molecule has 94 valence electrons. The van der Waals surface area contributed by atoms with E-state index in [4.69, 9.17) is 22.1 Å². The van der Waals surface area contributed by atoms with Gasteiger partial charge in [-0.3, -0.25) is 4.98 Å². The van der Waals surface area contributed by atoms with Crippen molar-refractivity contribution >= 4 is 11.6 Å². The highest BCUT2D eigenvalue weighted by Gasteiger charge is 2.25. The lowest BCUT2D eigenvalue weighted by molar-refractivity contribution is 0.0753. The van der Waals surface area contributed by atoms with Crippen LogP contribution in [-0.4, -0.2) is 18.1 Å². The van der Waals surface area contributed by atoms with Gasteiger partial charge < -0.3 is 10.5 Å². The third-order valence-corrected chi connectivity index (χ3v) is 3.91. The average molecular weight is 255 g/mol. The molecule has 0 spiro atoms. The molecule has 17 heavy (non-hydrogen) atoms. The van der Waals surface area contributed by atoms with Gasteiger partial charge in [0.1, 0.15) is 0 Å². The number of pyridine rings is 1. The van der Waals surface area contributed by atoms with Gasteiger partial charge in [-0.2, -0.15) is 0 Å². The van der Waals surface area contributed by atoms with Crippen LogP contribution in [0.15, 0.2) is 18.5 Å². The highest BCUT2D eigenvalue weighted by molar-refractivity contribution is 6.31. The lowest BCUT2D eigenvalue weighted by Crippen LogP contribution is -2.22. The van der Waals surface area contributed by atoms with Gasteiger partial charge >= 0.3 is 0 Å². The maximum absolute atomic E-state index is 6.01. The van der Waals surface area contributed by atoms with Crippen molar-refractivity contribution < 1.29 is 4.74 Å². The number of halogens is 1. The van der Waals surface area contributed by atoms with Crippen LogP contribution in [0.1, 0.15) is 24.8 Å². The van der Waals surface area contributed by atoms with Crippen molar-refractivity contribution in [3.05, 3.63) is 29.0 Å². The van der Waals surface area contributed by atoms with Gasteiger partial charge in [0.25, 0.3) is 0 Å². The van der Waals surface area contributed by atoms with Gasteiger partial charge in [-0.1, -0.05) is 18.0 Å². The summed E-state index contributed by atoms with van der Waals surface area (Å²) in [4.78, 5) is 3.95. The molecule has 1 aromatic rings. The summed E-state index contributed by atoms with van der Waals surface area (Å²) in [5, 5.41) is 0.675. The summed E-state index contributed by atoms with van der Waals surface area (Å²) >= 11 is 6.01. The first-order chi connectivity index (χ1) is 8.31. The molecule has 2 atom stereocenters. The van der Waals surface area contributed by atoms with Crippen LogP contribution in [0.3, 0.4) is 0 Å². The van der Waals surface area contributed by atoms with E-state index in [0.717, 1.165) is 18.7 Å². The molecule has 2 unspecified atom stereocenters. The predicted octanol–water partition coefficient (Wildman–Crippen LogP) is 2.63. The van der Waals surface area contributed by atoms with Crippen LogP contribution in [0.4, 0.5) is 0 Å². The molecule has 1 aliphatic rings. The summed E-state index contributed by atoms with van der Waals surface area (Å²) in [5.74, 6) is 1.27. The molecule has 1 fully saturated rings. The number of hydrogen-bond acceptors (Lipinski definition) is 3. The Labute approximate surface area is 107 Å². The maximum atomic E-state index is 6.01. The van der Waals surface area contributed by atoms with E-state index in [1.807, 2.05) is 6.07 Å². The standard InChI is InChI=1S/C13H19ClN2O/c14-13-7-16-5-4-12(13)9-17-8-11-3-1-2-10(11)6-15/h4-5,7,10-11H,1-3,6,8-9,15H2. The number of rotatable bonds is 5. The molecule has 2 rings (SSSR count). The Morgan fingerprint density at radius 1 is 1.41 bits per heavy atom. The lowest BCUT2D eigenvalue weighted by atomic mass is 9.97. The second-order valence-corrected chi connectivity index (χ2v) is 5.08. The van der Waals surface area contributed by atoms with Crippen LogP contribution in [-0.2, 0) is 11.3 Å². The van der Waals surface area contributed by atoms with Crippen LogP contribution in [0.25, 0.3) is 0 Å². The Hall–Kier alpha value is -0.640. The van der Waals surface area contributed by atoms with Crippen LogP contribution in [0.5, 0.6) is 0 Å². The normalized spacial score (nSPS) is 24.1. The molecule has 1 aromatic heterocycles. The average Bonchev–Trinajstić information content (AvgIpc) is 2.79. The molecule has 1 heterocycles. The summed E-state index contributed by atoms with van der Waals surface area (Å²) in [6.07, 6.45) is 7.17. The van der Waals surface area contributed by atoms with Gasteiger partial charge in [-0.15, -0.1) is 0 Å². The SMILES string of the molecule is NCC1CCCC1COCc1ccncc1Cl. The Kier molecular flexibility index (Phi) is 4.77. The Morgan fingerprint density at radius 2 is 2.24 bits per heavy atom. The number of hydrogen-bond donors (Lipinski definition) is 1. The molecule has 1 saturated carbocycles. The van der Waals surface area contributed by atoms with Crippen LogP contribution in [0.2, 0.25) is 5.02 Å². The van der Waals surface area contributed by atoms with Crippen molar-refractivity contribution in [1.82, 2.24) is 4.98 Å². The van der Waals surface area contributed by atoms with Crippen molar-refractivity contribution in [2.75, 3.05) is 13.2 Å². The molecule has 3 nitrogen and oxygen atoms in total. The molecular weight excluding hydrogens is 236 g/mol. The van der Waals surface area contributed by atoms with Gasteiger partial charge in [0.2, 0.25) is 0 Å². The third-order valence-electron chi connectivity index (χ3n) is 3.57. The molecule has 4 heteroatoms. The molecule has 0 bridgehead atoms. The second kappa shape index (κ2) is 6.34. The van der Waals surface area contributed by atoms with Gasteiger partial charge in [0, 0.05) is 12.4 Å². The monoisotopic (exact) mass is 254 g/mol. The summed E-state index contributed by atoms with van der Waals surface area (Å²) in [5.41, 5.74) is 6.75. The van der Waals surface area contributed by atoms with E-state index in [1.165, 1.54) is 19.3 Å². The fourth-order valence-corrected chi connectivity index (χ4v) is 2.66. The minimum absolute atomic E-state index is 0.565.